The Bertz CT molecular complexity index is 1100. The first-order valence-electron chi connectivity index (χ1n) is 7.35. The molecule has 10 nitrogen and oxygen atoms in total. The minimum atomic E-state index is -4.82. The summed E-state index contributed by atoms with van der Waals surface area (Å²) >= 11 is 0. The summed E-state index contributed by atoms with van der Waals surface area (Å²) in [5, 5.41) is 45.1. The van der Waals surface area contributed by atoms with Gasteiger partial charge in [0.25, 0.3) is 5.89 Å². The minimum Gasteiger partial charge on any atom is -0.618 e. The molecule has 0 spiro atoms. The number of hydrogen-bond acceptors (Lipinski definition) is 8. The Morgan fingerprint density at radius 3 is 2.54 bits per heavy atom. The fourth-order valence-electron chi connectivity index (χ4n) is 2.37. The number of aromatic nitrogens is 3. The van der Waals surface area contributed by atoms with E-state index in [0.717, 1.165) is 12.1 Å². The van der Waals surface area contributed by atoms with E-state index < -0.39 is 51.1 Å². The number of hydrogen-bond donors (Lipinski definition) is 2. The van der Waals surface area contributed by atoms with Crippen molar-refractivity contribution >= 4 is 5.69 Å². The van der Waals surface area contributed by atoms with Crippen molar-refractivity contribution in [3.8, 4) is 34.3 Å². The second-order valence-electron chi connectivity index (χ2n) is 5.61. The highest BCUT2D eigenvalue weighted by molar-refractivity contribution is 5.69. The maximum atomic E-state index is 13.3. The molecule has 0 unspecified atom stereocenters. The molecule has 0 fully saturated rings. The third kappa shape index (κ3) is 3.24. The largest absolute Gasteiger partial charge is 0.618 e. The van der Waals surface area contributed by atoms with E-state index in [0.29, 0.717) is 12.3 Å². The molecule has 146 valence electrons. The molecule has 0 amide bonds. The van der Waals surface area contributed by atoms with Crippen molar-refractivity contribution < 1.29 is 37.6 Å². The Kier molecular flexibility index (Phi) is 4.29. The van der Waals surface area contributed by atoms with Crippen molar-refractivity contribution in [3.63, 3.8) is 0 Å². The predicted molar refractivity (Wildman–Crippen MR) is 83.9 cm³/mol. The molecule has 0 aliphatic heterocycles. The lowest BCUT2D eigenvalue weighted by Crippen LogP contribution is -2.31. The van der Waals surface area contributed by atoms with Crippen LogP contribution in [0.1, 0.15) is 11.3 Å². The number of nitro groups is 1. The van der Waals surface area contributed by atoms with Gasteiger partial charge in [-0.3, -0.25) is 10.1 Å². The van der Waals surface area contributed by atoms with Gasteiger partial charge in [0, 0.05) is 24.6 Å². The van der Waals surface area contributed by atoms with Crippen molar-refractivity contribution in [2.45, 2.75) is 13.1 Å². The normalized spacial score (nSPS) is 11.6. The van der Waals surface area contributed by atoms with Gasteiger partial charge in [-0.15, -0.1) is 0 Å². The average molecular weight is 398 g/mol. The van der Waals surface area contributed by atoms with Crippen molar-refractivity contribution in [1.82, 2.24) is 10.1 Å². The molecule has 0 aliphatic rings. The van der Waals surface area contributed by atoms with E-state index in [1.165, 1.54) is 6.92 Å². The van der Waals surface area contributed by atoms with Gasteiger partial charge in [-0.2, -0.15) is 22.9 Å². The fraction of sp³-hybridized carbons (Fsp3) is 0.133. The van der Waals surface area contributed by atoms with Crippen molar-refractivity contribution in [2.24, 2.45) is 0 Å². The molecule has 13 heteroatoms. The quantitative estimate of drug-likeness (QED) is 0.225. The van der Waals surface area contributed by atoms with Gasteiger partial charge in [0.1, 0.15) is 5.56 Å². The average Bonchev–Trinajstić information content (AvgIpc) is 3.08. The molecule has 0 bridgehead atoms. The van der Waals surface area contributed by atoms with Gasteiger partial charge in [-0.1, -0.05) is 5.16 Å². The third-order valence-electron chi connectivity index (χ3n) is 3.72. The molecule has 2 heterocycles. The molecule has 0 atom stereocenters. The number of nitro benzene ring substituents is 1. The number of phenolic OH excluding ortho intramolecular Hbond substituents is 2. The molecule has 0 saturated carbocycles. The SMILES string of the molecule is Cc1cc(C(F)(F)F)c(-c2nc(-c3cc(O)c(O)c([N+](=O)[O-])c3)no2)c[n+]1[O-]. The molecular formula is C15H9F3N4O6. The summed E-state index contributed by atoms with van der Waals surface area (Å²) in [4.78, 5) is 13.7. The van der Waals surface area contributed by atoms with Gasteiger partial charge in [-0.05, 0) is 6.07 Å². The number of benzene rings is 1. The number of aryl methyl sites for hydroxylation is 1. The molecule has 0 saturated heterocycles. The third-order valence-corrected chi connectivity index (χ3v) is 3.72. The summed E-state index contributed by atoms with van der Waals surface area (Å²) in [5.74, 6) is -2.93. The Labute approximate surface area is 152 Å². The zero-order chi connectivity index (χ0) is 20.8. The van der Waals surface area contributed by atoms with Gasteiger partial charge in [0.15, 0.2) is 17.6 Å². The maximum Gasteiger partial charge on any atom is 0.417 e. The highest BCUT2D eigenvalue weighted by atomic mass is 19.4. The molecule has 2 N–H and O–H groups in total. The van der Waals surface area contributed by atoms with Gasteiger partial charge < -0.3 is 19.9 Å². The molecule has 1 aromatic carbocycles. The van der Waals surface area contributed by atoms with E-state index in [4.69, 9.17) is 4.52 Å². The zero-order valence-corrected chi connectivity index (χ0v) is 13.8. The van der Waals surface area contributed by atoms with Crippen LogP contribution in [0.2, 0.25) is 0 Å². The summed E-state index contributed by atoms with van der Waals surface area (Å²) in [5.41, 5.74) is -3.16. The highest BCUT2D eigenvalue weighted by Gasteiger charge is 2.37. The second kappa shape index (κ2) is 6.37. The van der Waals surface area contributed by atoms with Crippen molar-refractivity contribution in [3.05, 3.63) is 51.0 Å². The predicted octanol–water partition coefficient (Wildman–Crippen LogP) is 2.68. The van der Waals surface area contributed by atoms with E-state index in [-0.39, 0.29) is 16.0 Å². The lowest BCUT2D eigenvalue weighted by molar-refractivity contribution is -0.612. The Hall–Kier alpha value is -3.90. The van der Waals surface area contributed by atoms with Crippen LogP contribution < -0.4 is 4.73 Å². The Morgan fingerprint density at radius 1 is 1.25 bits per heavy atom. The van der Waals surface area contributed by atoms with Crippen molar-refractivity contribution in [2.75, 3.05) is 0 Å². The monoisotopic (exact) mass is 398 g/mol. The van der Waals surface area contributed by atoms with Crippen LogP contribution in [0.4, 0.5) is 18.9 Å². The summed E-state index contributed by atoms with van der Waals surface area (Å²) in [6.07, 6.45) is -4.20. The Balaban J connectivity index is 2.15. The standard InChI is InChI=1S/C15H9F3N4O6/c1-6-2-9(15(16,17)18)8(5-21(6)25)14-19-13(20-28-14)7-3-10(22(26)27)12(24)11(23)4-7/h2-5,23-24H,1H3. The molecular weight excluding hydrogens is 389 g/mol. The van der Waals surface area contributed by atoms with Crippen LogP contribution in [-0.4, -0.2) is 25.3 Å². The number of halogens is 3. The number of pyridine rings is 1. The van der Waals surface area contributed by atoms with E-state index in [1.54, 1.807) is 0 Å². The minimum absolute atomic E-state index is 0.186. The van der Waals surface area contributed by atoms with Gasteiger partial charge >= 0.3 is 11.9 Å². The van der Waals surface area contributed by atoms with Crippen LogP contribution in [0.15, 0.2) is 28.9 Å². The van der Waals surface area contributed by atoms with Crippen LogP contribution in [0.5, 0.6) is 11.5 Å². The van der Waals surface area contributed by atoms with Crippen LogP contribution in [0, 0.1) is 22.2 Å². The van der Waals surface area contributed by atoms with Crippen LogP contribution in [0.3, 0.4) is 0 Å². The highest BCUT2D eigenvalue weighted by Crippen LogP contribution is 2.40. The van der Waals surface area contributed by atoms with Gasteiger partial charge in [0.2, 0.25) is 11.6 Å². The van der Waals surface area contributed by atoms with E-state index in [2.05, 4.69) is 10.1 Å². The van der Waals surface area contributed by atoms with Crippen LogP contribution >= 0.6 is 0 Å². The summed E-state index contributed by atoms with van der Waals surface area (Å²) in [7, 11) is 0. The lowest BCUT2D eigenvalue weighted by atomic mass is 10.1. The van der Waals surface area contributed by atoms with E-state index in [1.807, 2.05) is 0 Å². The molecule has 2 aromatic heterocycles. The fourth-order valence-corrected chi connectivity index (χ4v) is 2.37. The number of aromatic hydroxyl groups is 2. The number of rotatable bonds is 3. The summed E-state index contributed by atoms with van der Waals surface area (Å²) in [6.45, 7) is 1.18. The van der Waals surface area contributed by atoms with E-state index in [9.17, 15) is 38.7 Å². The van der Waals surface area contributed by atoms with Crippen molar-refractivity contribution in [1.29, 1.82) is 0 Å². The van der Waals surface area contributed by atoms with Gasteiger partial charge in [0.05, 0.1) is 10.5 Å². The van der Waals surface area contributed by atoms with E-state index >= 15 is 0 Å². The summed E-state index contributed by atoms with van der Waals surface area (Å²) in [6, 6.07) is 2.28. The maximum absolute atomic E-state index is 13.3. The zero-order valence-electron chi connectivity index (χ0n) is 13.8. The number of phenols is 2. The smallest absolute Gasteiger partial charge is 0.417 e. The van der Waals surface area contributed by atoms with Gasteiger partial charge in [-0.25, -0.2) is 0 Å². The molecule has 0 aliphatic carbocycles. The number of alkyl halides is 3. The molecule has 3 aromatic rings. The first-order valence-corrected chi connectivity index (χ1v) is 7.35. The topological polar surface area (TPSA) is 149 Å². The number of nitrogens with zero attached hydrogens (tertiary/aromatic N) is 4. The summed E-state index contributed by atoms with van der Waals surface area (Å²) < 4.78 is 44.8. The molecule has 0 radical (unpaired) electrons. The lowest BCUT2D eigenvalue weighted by Gasteiger charge is -2.11. The second-order valence-corrected chi connectivity index (χ2v) is 5.61. The first kappa shape index (κ1) is 18.9. The molecule has 3 rings (SSSR count). The molecule has 28 heavy (non-hydrogen) atoms. The Morgan fingerprint density at radius 2 is 1.93 bits per heavy atom. The van der Waals surface area contributed by atoms with Crippen LogP contribution in [-0.2, 0) is 6.18 Å². The van der Waals surface area contributed by atoms with Crippen LogP contribution in [0.25, 0.3) is 22.8 Å². The first-order chi connectivity index (χ1) is 13.0.